The van der Waals surface area contributed by atoms with E-state index in [1.165, 1.54) is 52.7 Å². The van der Waals surface area contributed by atoms with Crippen molar-refractivity contribution in [2.75, 3.05) is 0 Å². The van der Waals surface area contributed by atoms with Crippen LogP contribution in [0.3, 0.4) is 0 Å². The molecule has 0 spiro atoms. The molecule has 0 aliphatic carbocycles. The third-order valence-electron chi connectivity index (χ3n) is 4.72. The Kier molecular flexibility index (Phi) is 5.06. The molecule has 5 aromatic rings. The maximum absolute atomic E-state index is 13.5. The van der Waals surface area contributed by atoms with Gasteiger partial charge in [0.25, 0.3) is 5.56 Å². The molecule has 3 aromatic heterocycles. The van der Waals surface area contributed by atoms with Crippen LogP contribution in [0.15, 0.2) is 69.1 Å². The van der Waals surface area contributed by atoms with Crippen LogP contribution < -0.4 is 5.56 Å². The Labute approximate surface area is 184 Å². The van der Waals surface area contributed by atoms with E-state index < -0.39 is 11.6 Å². The van der Waals surface area contributed by atoms with Gasteiger partial charge in [-0.3, -0.25) is 9.36 Å². The second-order valence-electron chi connectivity index (χ2n) is 7.03. The SMILES string of the molecule is Cc1cc2nc(SCc3nc(-c4cccc(F)c4)no3)n(-c3ccc(F)cc3)c(=O)c2[nH]1. The first kappa shape index (κ1) is 20.1. The molecule has 10 heteroatoms. The minimum absolute atomic E-state index is 0.227. The Morgan fingerprint density at radius 1 is 1.06 bits per heavy atom. The second kappa shape index (κ2) is 8.04. The van der Waals surface area contributed by atoms with Crippen LogP contribution in [0, 0.1) is 18.6 Å². The first-order valence-electron chi connectivity index (χ1n) is 9.57. The molecule has 0 amide bonds. The molecule has 0 saturated heterocycles. The number of nitrogens with one attached hydrogen (secondary N) is 1. The quantitative estimate of drug-likeness (QED) is 0.309. The van der Waals surface area contributed by atoms with E-state index >= 15 is 0 Å². The number of thioether (sulfide) groups is 1. The average Bonchev–Trinajstić information content (AvgIpc) is 3.40. The molecule has 32 heavy (non-hydrogen) atoms. The van der Waals surface area contributed by atoms with Crippen molar-refractivity contribution < 1.29 is 13.3 Å². The van der Waals surface area contributed by atoms with Gasteiger partial charge in [-0.15, -0.1) is 0 Å². The van der Waals surface area contributed by atoms with Gasteiger partial charge in [0.15, 0.2) is 5.16 Å². The summed E-state index contributed by atoms with van der Waals surface area (Å²) in [6.45, 7) is 1.84. The minimum Gasteiger partial charge on any atom is -0.353 e. The van der Waals surface area contributed by atoms with Gasteiger partial charge in [-0.2, -0.15) is 4.98 Å². The maximum Gasteiger partial charge on any atom is 0.283 e. The Balaban J connectivity index is 1.51. The normalized spacial score (nSPS) is 11.3. The molecule has 160 valence electrons. The number of aromatic amines is 1. The van der Waals surface area contributed by atoms with Gasteiger partial charge in [-0.05, 0) is 49.4 Å². The molecule has 0 aliphatic rings. The summed E-state index contributed by atoms with van der Waals surface area (Å²) in [5.41, 5.74) is 2.36. The lowest BCUT2D eigenvalue weighted by Crippen LogP contribution is -2.21. The van der Waals surface area contributed by atoms with E-state index in [0.29, 0.717) is 33.3 Å². The standard InChI is InChI=1S/C22H15F2N5O2S/c1-12-9-17-19(25-12)21(30)29(16-7-5-14(23)6-8-16)22(26-17)32-11-18-27-20(28-31-18)13-3-2-4-15(24)10-13/h2-10,25H,11H2,1H3. The van der Waals surface area contributed by atoms with Crippen LogP contribution in [0.5, 0.6) is 0 Å². The van der Waals surface area contributed by atoms with E-state index in [0.717, 1.165) is 5.69 Å². The van der Waals surface area contributed by atoms with Crippen molar-refractivity contribution in [1.82, 2.24) is 24.7 Å². The fraction of sp³-hybridized carbons (Fsp3) is 0.0909. The van der Waals surface area contributed by atoms with Gasteiger partial charge in [0.1, 0.15) is 17.2 Å². The Bertz CT molecular complexity index is 1490. The van der Waals surface area contributed by atoms with E-state index in [1.54, 1.807) is 18.2 Å². The fourth-order valence-corrected chi connectivity index (χ4v) is 4.13. The van der Waals surface area contributed by atoms with E-state index in [9.17, 15) is 13.6 Å². The third kappa shape index (κ3) is 3.80. The predicted octanol–water partition coefficient (Wildman–Crippen LogP) is 4.64. The zero-order chi connectivity index (χ0) is 22.2. The van der Waals surface area contributed by atoms with Gasteiger partial charge in [0, 0.05) is 11.3 Å². The number of nitrogens with zero attached hydrogens (tertiary/aromatic N) is 4. The van der Waals surface area contributed by atoms with Crippen LogP contribution in [0.4, 0.5) is 8.78 Å². The smallest absolute Gasteiger partial charge is 0.283 e. The lowest BCUT2D eigenvalue weighted by Gasteiger charge is -2.11. The first-order chi connectivity index (χ1) is 15.5. The van der Waals surface area contributed by atoms with Gasteiger partial charge < -0.3 is 9.51 Å². The van der Waals surface area contributed by atoms with Crippen LogP contribution in [-0.2, 0) is 5.75 Å². The van der Waals surface area contributed by atoms with Crippen molar-refractivity contribution in [2.24, 2.45) is 0 Å². The molecule has 0 bridgehead atoms. The zero-order valence-electron chi connectivity index (χ0n) is 16.7. The lowest BCUT2D eigenvalue weighted by atomic mass is 10.2. The highest BCUT2D eigenvalue weighted by Crippen LogP contribution is 2.26. The number of rotatable bonds is 5. The van der Waals surface area contributed by atoms with Crippen LogP contribution >= 0.6 is 11.8 Å². The molecule has 0 unspecified atom stereocenters. The molecule has 1 N–H and O–H groups in total. The summed E-state index contributed by atoms with van der Waals surface area (Å²) in [6, 6.07) is 13.3. The predicted molar refractivity (Wildman–Crippen MR) is 116 cm³/mol. The zero-order valence-corrected chi connectivity index (χ0v) is 17.5. The summed E-state index contributed by atoms with van der Waals surface area (Å²) in [6.07, 6.45) is 0. The molecular weight excluding hydrogens is 436 g/mol. The second-order valence-corrected chi connectivity index (χ2v) is 7.98. The van der Waals surface area contributed by atoms with Crippen LogP contribution in [0.25, 0.3) is 28.1 Å². The van der Waals surface area contributed by atoms with E-state index in [2.05, 4.69) is 20.1 Å². The minimum atomic E-state index is -0.406. The van der Waals surface area contributed by atoms with E-state index in [1.807, 2.05) is 6.92 Å². The summed E-state index contributed by atoms with van der Waals surface area (Å²) in [5, 5.41) is 4.29. The van der Waals surface area contributed by atoms with Crippen molar-refractivity contribution >= 4 is 22.8 Å². The molecule has 0 fully saturated rings. The molecule has 0 aliphatic heterocycles. The van der Waals surface area contributed by atoms with E-state index in [4.69, 9.17) is 4.52 Å². The van der Waals surface area contributed by atoms with Crippen molar-refractivity contribution in [3.05, 3.63) is 88.2 Å². The molecule has 2 aromatic carbocycles. The van der Waals surface area contributed by atoms with Crippen molar-refractivity contribution in [2.45, 2.75) is 17.8 Å². The van der Waals surface area contributed by atoms with Crippen LogP contribution in [0.2, 0.25) is 0 Å². The number of benzene rings is 2. The van der Waals surface area contributed by atoms with Crippen LogP contribution in [0.1, 0.15) is 11.6 Å². The number of H-pyrrole nitrogens is 1. The summed E-state index contributed by atoms with van der Waals surface area (Å²) >= 11 is 1.22. The molecule has 3 heterocycles. The Morgan fingerprint density at radius 3 is 2.66 bits per heavy atom. The number of halogens is 2. The highest BCUT2D eigenvalue weighted by atomic mass is 32.2. The molecule has 0 radical (unpaired) electrons. The molecule has 7 nitrogen and oxygen atoms in total. The largest absolute Gasteiger partial charge is 0.353 e. The summed E-state index contributed by atoms with van der Waals surface area (Å²) < 4.78 is 33.6. The first-order valence-corrected chi connectivity index (χ1v) is 10.6. The van der Waals surface area contributed by atoms with Gasteiger partial charge in [-0.1, -0.05) is 29.1 Å². The third-order valence-corrected chi connectivity index (χ3v) is 5.64. The Hall–Kier alpha value is -3.79. The number of hydrogen-bond donors (Lipinski definition) is 1. The maximum atomic E-state index is 13.5. The highest BCUT2D eigenvalue weighted by molar-refractivity contribution is 7.98. The van der Waals surface area contributed by atoms with Crippen molar-refractivity contribution in [3.63, 3.8) is 0 Å². The number of aryl methyl sites for hydroxylation is 1. The van der Waals surface area contributed by atoms with Gasteiger partial charge >= 0.3 is 0 Å². The average molecular weight is 451 g/mol. The number of fused-ring (bicyclic) bond motifs is 1. The molecular formula is C22H15F2N5O2S. The fourth-order valence-electron chi connectivity index (χ4n) is 3.28. The monoisotopic (exact) mass is 451 g/mol. The summed E-state index contributed by atoms with van der Waals surface area (Å²) in [5.74, 6) is -0.0206. The lowest BCUT2D eigenvalue weighted by molar-refractivity contribution is 0.391. The molecule has 0 saturated carbocycles. The highest BCUT2D eigenvalue weighted by Gasteiger charge is 2.17. The van der Waals surface area contributed by atoms with Crippen LogP contribution in [-0.4, -0.2) is 24.7 Å². The topological polar surface area (TPSA) is 89.6 Å². The summed E-state index contributed by atoms with van der Waals surface area (Å²) in [7, 11) is 0. The Morgan fingerprint density at radius 2 is 1.88 bits per heavy atom. The number of hydrogen-bond acceptors (Lipinski definition) is 6. The van der Waals surface area contributed by atoms with Crippen molar-refractivity contribution in [1.29, 1.82) is 0 Å². The molecule has 5 rings (SSSR count). The van der Waals surface area contributed by atoms with Crippen molar-refractivity contribution in [3.8, 4) is 17.1 Å². The summed E-state index contributed by atoms with van der Waals surface area (Å²) in [4.78, 5) is 25.1. The van der Waals surface area contributed by atoms with Gasteiger partial charge in [-0.25, -0.2) is 13.8 Å². The molecule has 0 atom stereocenters. The van der Waals surface area contributed by atoms with Gasteiger partial charge in [0.2, 0.25) is 11.7 Å². The number of aromatic nitrogens is 5. The van der Waals surface area contributed by atoms with E-state index in [-0.39, 0.29) is 17.1 Å². The van der Waals surface area contributed by atoms with Gasteiger partial charge in [0.05, 0.1) is 17.0 Å².